The predicted molar refractivity (Wildman–Crippen MR) is 153 cm³/mol. The van der Waals surface area contributed by atoms with E-state index in [1.807, 2.05) is 27.7 Å². The zero-order chi connectivity index (χ0) is 27.0. The zero-order valence-corrected chi connectivity index (χ0v) is 24.9. The molecule has 0 fully saturated rings. The summed E-state index contributed by atoms with van der Waals surface area (Å²) in [5.74, 6) is -0.102. The molecule has 0 aromatic carbocycles. The smallest absolute Gasteiger partial charge is 0.334 e. The Labute approximate surface area is 224 Å². The quantitative estimate of drug-likeness (QED) is 0.0739. The average Bonchev–Trinajstić information content (AvgIpc) is 2.84. The first-order valence-electron chi connectivity index (χ1n) is 15.4. The van der Waals surface area contributed by atoms with Crippen LogP contribution in [0.25, 0.3) is 0 Å². The summed E-state index contributed by atoms with van der Waals surface area (Å²) in [5, 5.41) is 0. The Bertz CT molecular complexity index is 527. The molecule has 0 rings (SSSR count). The van der Waals surface area contributed by atoms with Crippen LogP contribution in [0.3, 0.4) is 0 Å². The highest BCUT2D eigenvalue weighted by Gasteiger charge is 2.23. The highest BCUT2D eigenvalue weighted by molar-refractivity contribution is 6.00. The molecule has 0 aliphatic carbocycles. The number of esters is 2. The number of carbonyl (C=O) groups is 2. The maximum absolute atomic E-state index is 13.1. The molecular weight excluding hydrogens is 448 g/mol. The van der Waals surface area contributed by atoms with Crippen molar-refractivity contribution in [3.8, 4) is 0 Å². The monoisotopic (exact) mass is 508 g/mol. The maximum Gasteiger partial charge on any atom is 0.334 e. The molecule has 0 N–H and O–H groups in total. The third-order valence-corrected chi connectivity index (χ3v) is 6.51. The number of hydrogen-bond acceptors (Lipinski definition) is 4. The summed E-state index contributed by atoms with van der Waals surface area (Å²) in [6.45, 7) is 13.4. The molecule has 0 aromatic rings. The van der Waals surface area contributed by atoms with Crippen molar-refractivity contribution in [3.63, 3.8) is 0 Å². The lowest BCUT2D eigenvalue weighted by molar-refractivity contribution is -0.143. The Kier molecular flexibility index (Phi) is 23.2. The van der Waals surface area contributed by atoms with Crippen molar-refractivity contribution in [2.75, 3.05) is 13.2 Å². The third kappa shape index (κ3) is 19.8. The summed E-state index contributed by atoms with van der Waals surface area (Å²) in [4.78, 5) is 26.2. The normalized spacial score (nSPS) is 12.2. The third-order valence-electron chi connectivity index (χ3n) is 6.51. The molecule has 212 valence electrons. The molecule has 0 amide bonds. The van der Waals surface area contributed by atoms with Crippen LogP contribution in [0.1, 0.15) is 157 Å². The van der Waals surface area contributed by atoms with E-state index in [4.69, 9.17) is 9.47 Å². The summed E-state index contributed by atoms with van der Waals surface area (Å²) in [6, 6.07) is 0. The molecule has 0 aliphatic rings. The van der Waals surface area contributed by atoms with Crippen molar-refractivity contribution in [3.05, 3.63) is 11.1 Å². The van der Waals surface area contributed by atoms with Crippen LogP contribution in [0.15, 0.2) is 11.1 Å². The Balaban J connectivity index is 5.21. The molecule has 0 saturated carbocycles. The Hall–Kier alpha value is -1.32. The van der Waals surface area contributed by atoms with Gasteiger partial charge in [-0.15, -0.1) is 0 Å². The number of rotatable bonds is 24. The van der Waals surface area contributed by atoms with Crippen LogP contribution in [-0.4, -0.2) is 25.2 Å². The Morgan fingerprint density at radius 3 is 1.03 bits per heavy atom. The molecule has 0 unspecified atom stereocenters. The minimum atomic E-state index is -0.317. The van der Waals surface area contributed by atoms with Crippen LogP contribution in [0.4, 0.5) is 0 Å². The minimum Gasteiger partial charge on any atom is -0.462 e. The summed E-state index contributed by atoms with van der Waals surface area (Å²) < 4.78 is 11.2. The van der Waals surface area contributed by atoms with Crippen LogP contribution in [0.5, 0.6) is 0 Å². The molecule has 0 saturated heterocycles. The van der Waals surface area contributed by atoms with Gasteiger partial charge in [-0.05, 0) is 37.5 Å². The highest BCUT2D eigenvalue weighted by atomic mass is 16.5. The van der Waals surface area contributed by atoms with E-state index in [9.17, 15) is 9.59 Å². The van der Waals surface area contributed by atoms with Gasteiger partial charge in [0, 0.05) is 11.1 Å². The van der Waals surface area contributed by atoms with E-state index < -0.39 is 0 Å². The molecule has 0 aliphatic heterocycles. The maximum atomic E-state index is 13.1. The van der Waals surface area contributed by atoms with E-state index in [0.717, 1.165) is 25.7 Å². The SMILES string of the molecule is CCCCCCCCCC/C(C(=O)OCC(C)C)=C(\CCCCCCCCCC)C(=O)OCC(C)C. The first kappa shape index (κ1) is 34.7. The van der Waals surface area contributed by atoms with Crippen molar-refractivity contribution >= 4 is 11.9 Å². The van der Waals surface area contributed by atoms with Crippen molar-refractivity contribution in [2.24, 2.45) is 11.8 Å². The molecule has 0 heterocycles. The summed E-state index contributed by atoms with van der Waals surface area (Å²) in [6.07, 6.45) is 20.4. The average molecular weight is 509 g/mol. The molecule has 0 aromatic heterocycles. The molecule has 4 heteroatoms. The van der Waals surface area contributed by atoms with Gasteiger partial charge in [0.1, 0.15) is 0 Å². The summed E-state index contributed by atoms with van der Waals surface area (Å²) >= 11 is 0. The van der Waals surface area contributed by atoms with Gasteiger partial charge in [0.05, 0.1) is 13.2 Å². The van der Waals surface area contributed by atoms with E-state index in [0.29, 0.717) is 37.2 Å². The van der Waals surface area contributed by atoms with E-state index in [1.165, 1.54) is 77.0 Å². The first-order chi connectivity index (χ1) is 17.3. The second-order valence-electron chi connectivity index (χ2n) is 11.4. The van der Waals surface area contributed by atoms with Gasteiger partial charge in [-0.2, -0.15) is 0 Å². The van der Waals surface area contributed by atoms with Crippen LogP contribution < -0.4 is 0 Å². The van der Waals surface area contributed by atoms with Gasteiger partial charge in [-0.3, -0.25) is 0 Å². The highest BCUT2D eigenvalue weighted by Crippen LogP contribution is 2.24. The van der Waals surface area contributed by atoms with E-state index >= 15 is 0 Å². The van der Waals surface area contributed by atoms with Gasteiger partial charge in [0.15, 0.2) is 0 Å². The second-order valence-corrected chi connectivity index (χ2v) is 11.4. The van der Waals surface area contributed by atoms with Crippen LogP contribution in [0.2, 0.25) is 0 Å². The van der Waals surface area contributed by atoms with Crippen molar-refractivity contribution in [1.29, 1.82) is 0 Å². The molecule has 4 nitrogen and oxygen atoms in total. The largest absolute Gasteiger partial charge is 0.462 e. The fraction of sp³-hybridized carbons (Fsp3) is 0.875. The molecule has 0 radical (unpaired) electrons. The van der Waals surface area contributed by atoms with Gasteiger partial charge in [0.25, 0.3) is 0 Å². The number of carbonyl (C=O) groups excluding carboxylic acids is 2. The molecule has 0 bridgehead atoms. The standard InChI is InChI=1S/C32H60O4/c1-7-9-11-13-15-17-19-21-23-29(31(33)35-25-27(3)4)30(32(34)36-26-28(5)6)24-22-20-18-16-14-12-10-8-2/h27-28H,7-26H2,1-6H3/b30-29-. The fourth-order valence-electron chi connectivity index (χ4n) is 4.28. The minimum absolute atomic E-state index is 0.266. The molecular formula is C32H60O4. The van der Waals surface area contributed by atoms with Crippen molar-refractivity contribution in [1.82, 2.24) is 0 Å². The van der Waals surface area contributed by atoms with E-state index in [2.05, 4.69) is 13.8 Å². The van der Waals surface area contributed by atoms with Gasteiger partial charge in [-0.25, -0.2) is 9.59 Å². The molecule has 36 heavy (non-hydrogen) atoms. The van der Waals surface area contributed by atoms with E-state index in [-0.39, 0.29) is 23.8 Å². The number of ether oxygens (including phenoxy) is 2. The fourth-order valence-corrected chi connectivity index (χ4v) is 4.28. The van der Waals surface area contributed by atoms with Gasteiger partial charge >= 0.3 is 11.9 Å². The van der Waals surface area contributed by atoms with Gasteiger partial charge in [0.2, 0.25) is 0 Å². The molecule has 0 spiro atoms. The van der Waals surface area contributed by atoms with Crippen LogP contribution in [0, 0.1) is 11.8 Å². The lowest BCUT2D eigenvalue weighted by atomic mass is 9.96. The number of hydrogen-bond donors (Lipinski definition) is 0. The topological polar surface area (TPSA) is 52.6 Å². The van der Waals surface area contributed by atoms with Crippen molar-refractivity contribution in [2.45, 2.75) is 157 Å². The second kappa shape index (κ2) is 24.0. The lowest BCUT2D eigenvalue weighted by Crippen LogP contribution is -2.20. The van der Waals surface area contributed by atoms with Gasteiger partial charge in [-0.1, -0.05) is 131 Å². The Morgan fingerprint density at radius 2 is 0.750 bits per heavy atom. The summed E-state index contributed by atoms with van der Waals surface area (Å²) in [5.41, 5.74) is 1.14. The Morgan fingerprint density at radius 1 is 0.472 bits per heavy atom. The zero-order valence-electron chi connectivity index (χ0n) is 24.9. The van der Waals surface area contributed by atoms with Crippen LogP contribution >= 0.6 is 0 Å². The molecule has 0 atom stereocenters. The predicted octanol–water partition coefficient (Wildman–Crippen LogP) is 9.74. The number of unbranched alkanes of at least 4 members (excludes halogenated alkanes) is 14. The summed E-state index contributed by atoms with van der Waals surface area (Å²) in [7, 11) is 0. The first-order valence-corrected chi connectivity index (χ1v) is 15.4. The van der Waals surface area contributed by atoms with Crippen LogP contribution in [-0.2, 0) is 19.1 Å². The van der Waals surface area contributed by atoms with Crippen molar-refractivity contribution < 1.29 is 19.1 Å². The van der Waals surface area contributed by atoms with E-state index in [1.54, 1.807) is 0 Å². The van der Waals surface area contributed by atoms with Gasteiger partial charge < -0.3 is 9.47 Å². The lowest BCUT2D eigenvalue weighted by Gasteiger charge is -2.16.